The van der Waals surface area contributed by atoms with Crippen LogP contribution in [0.2, 0.25) is 0 Å². The maximum atomic E-state index is 12.6. The van der Waals surface area contributed by atoms with E-state index in [1.807, 2.05) is 0 Å². The van der Waals surface area contributed by atoms with Crippen LogP contribution in [0.1, 0.15) is 6.92 Å². The number of benzene rings is 1. The smallest absolute Gasteiger partial charge is 0.313 e. The molecule has 0 amide bonds. The van der Waals surface area contributed by atoms with Crippen LogP contribution in [0.25, 0.3) is 0 Å². The molecule has 21 heavy (non-hydrogen) atoms. The van der Waals surface area contributed by atoms with Gasteiger partial charge in [-0.1, -0.05) is 6.07 Å². The van der Waals surface area contributed by atoms with Crippen LogP contribution in [0.3, 0.4) is 0 Å². The largest absolute Gasteiger partial charge is 0.376 e. The van der Waals surface area contributed by atoms with E-state index in [-0.39, 0.29) is 36.4 Å². The molecule has 3 N–H and O–H groups in total. The summed E-state index contributed by atoms with van der Waals surface area (Å²) in [5, 5.41) is 11.2. The van der Waals surface area contributed by atoms with E-state index < -0.39 is 20.6 Å². The molecule has 0 aliphatic carbocycles. The third-order valence-electron chi connectivity index (χ3n) is 3.16. The second kappa shape index (κ2) is 5.93. The van der Waals surface area contributed by atoms with E-state index >= 15 is 0 Å². The maximum Gasteiger partial charge on any atom is 0.313 e. The summed E-state index contributed by atoms with van der Waals surface area (Å²) < 4.78 is 31.7. The molecule has 1 saturated heterocycles. The van der Waals surface area contributed by atoms with E-state index in [4.69, 9.17) is 10.6 Å². The number of para-hydroxylation sites is 1. The molecule has 1 aliphatic rings. The summed E-state index contributed by atoms with van der Waals surface area (Å²) in [7, 11) is -3.99. The molecular formula is C11H16N4O5S. The first-order chi connectivity index (χ1) is 9.87. The molecule has 1 aromatic rings. The molecule has 1 fully saturated rings. The number of nitrogen functional groups attached to an aromatic ring is 1. The van der Waals surface area contributed by atoms with Crippen molar-refractivity contribution in [2.45, 2.75) is 17.9 Å². The van der Waals surface area contributed by atoms with Crippen LogP contribution in [0, 0.1) is 10.1 Å². The number of nitrogens with one attached hydrogen (secondary N) is 1. The fraction of sp³-hybridized carbons (Fsp3) is 0.455. The Labute approximate surface area is 121 Å². The lowest BCUT2D eigenvalue weighted by atomic mass is 10.3. The van der Waals surface area contributed by atoms with E-state index in [9.17, 15) is 18.5 Å². The fourth-order valence-electron chi connectivity index (χ4n) is 2.18. The molecule has 0 saturated carbocycles. The number of hydrazine groups is 1. The Bertz CT molecular complexity index is 648. The van der Waals surface area contributed by atoms with Crippen molar-refractivity contribution >= 4 is 21.4 Å². The molecule has 116 valence electrons. The minimum Gasteiger partial charge on any atom is -0.376 e. The molecule has 0 bridgehead atoms. The Hall–Kier alpha value is -1.75. The van der Waals surface area contributed by atoms with Crippen LogP contribution >= 0.6 is 0 Å². The van der Waals surface area contributed by atoms with Crippen molar-refractivity contribution in [3.63, 3.8) is 0 Å². The Morgan fingerprint density at radius 2 is 2.24 bits per heavy atom. The normalized spacial score (nSPS) is 20.2. The van der Waals surface area contributed by atoms with Crippen LogP contribution in [-0.4, -0.2) is 43.4 Å². The van der Waals surface area contributed by atoms with Gasteiger partial charge in [0.15, 0.2) is 4.90 Å². The van der Waals surface area contributed by atoms with Gasteiger partial charge in [-0.25, -0.2) is 8.42 Å². The van der Waals surface area contributed by atoms with E-state index in [1.165, 1.54) is 22.5 Å². The topological polar surface area (TPSA) is 128 Å². The van der Waals surface area contributed by atoms with Gasteiger partial charge in [0.25, 0.3) is 0 Å². The number of anilines is 1. The number of morpholine rings is 1. The zero-order valence-electron chi connectivity index (χ0n) is 11.4. The Kier molecular flexibility index (Phi) is 4.42. The predicted molar refractivity (Wildman–Crippen MR) is 75.1 cm³/mol. The minimum atomic E-state index is -3.99. The standard InChI is InChI=1S/C11H16N4O5S/c1-8-7-14(5-6-20-8)21(18,19)10-4-2-3-9(13-12)11(10)15(16)17/h2-4,8,13H,5-7,12H2,1H3. The van der Waals surface area contributed by atoms with Gasteiger partial charge in [-0.05, 0) is 19.1 Å². The molecular weight excluding hydrogens is 300 g/mol. The molecule has 9 nitrogen and oxygen atoms in total. The summed E-state index contributed by atoms with van der Waals surface area (Å²) in [5.41, 5.74) is 1.54. The lowest BCUT2D eigenvalue weighted by Gasteiger charge is -2.30. The van der Waals surface area contributed by atoms with E-state index in [0.717, 1.165) is 0 Å². The maximum absolute atomic E-state index is 12.6. The van der Waals surface area contributed by atoms with Gasteiger partial charge in [0.05, 0.1) is 17.6 Å². The third kappa shape index (κ3) is 2.97. The van der Waals surface area contributed by atoms with Crippen LogP contribution in [0.15, 0.2) is 23.1 Å². The summed E-state index contributed by atoms with van der Waals surface area (Å²) in [5.74, 6) is 5.22. The number of nitrogens with two attached hydrogens (primary N) is 1. The highest BCUT2D eigenvalue weighted by atomic mass is 32.2. The van der Waals surface area contributed by atoms with Gasteiger partial charge in [0.1, 0.15) is 5.69 Å². The Morgan fingerprint density at radius 3 is 2.81 bits per heavy atom. The van der Waals surface area contributed by atoms with Crippen molar-refractivity contribution < 1.29 is 18.1 Å². The van der Waals surface area contributed by atoms with Crippen molar-refractivity contribution in [3.05, 3.63) is 28.3 Å². The molecule has 1 aliphatic heterocycles. The van der Waals surface area contributed by atoms with Crippen LogP contribution in [-0.2, 0) is 14.8 Å². The molecule has 1 unspecified atom stereocenters. The number of sulfonamides is 1. The zero-order valence-corrected chi connectivity index (χ0v) is 12.2. The molecule has 2 rings (SSSR count). The minimum absolute atomic E-state index is 0.0533. The van der Waals surface area contributed by atoms with Gasteiger partial charge in [-0.2, -0.15) is 4.31 Å². The first kappa shape index (κ1) is 15.6. The summed E-state index contributed by atoms with van der Waals surface area (Å²) in [6.07, 6.45) is -0.261. The van der Waals surface area contributed by atoms with E-state index in [1.54, 1.807) is 6.92 Å². The van der Waals surface area contributed by atoms with Crippen molar-refractivity contribution in [2.75, 3.05) is 25.1 Å². The predicted octanol–water partition coefficient (Wildman–Crippen LogP) is 0.290. The first-order valence-electron chi connectivity index (χ1n) is 6.23. The molecule has 0 radical (unpaired) electrons. The first-order valence-corrected chi connectivity index (χ1v) is 7.67. The van der Waals surface area contributed by atoms with Gasteiger partial charge in [-0.3, -0.25) is 16.0 Å². The van der Waals surface area contributed by atoms with Gasteiger partial charge in [-0.15, -0.1) is 0 Å². The van der Waals surface area contributed by atoms with E-state index in [2.05, 4.69) is 5.43 Å². The van der Waals surface area contributed by atoms with Gasteiger partial charge >= 0.3 is 5.69 Å². The van der Waals surface area contributed by atoms with Crippen molar-refractivity contribution in [1.82, 2.24) is 4.31 Å². The fourth-order valence-corrected chi connectivity index (χ4v) is 3.86. The second-order valence-electron chi connectivity index (χ2n) is 4.60. The van der Waals surface area contributed by atoms with Gasteiger partial charge in [0, 0.05) is 13.1 Å². The van der Waals surface area contributed by atoms with Crippen molar-refractivity contribution in [1.29, 1.82) is 0 Å². The molecule has 1 heterocycles. The van der Waals surface area contributed by atoms with Crippen LogP contribution in [0.5, 0.6) is 0 Å². The lowest BCUT2D eigenvalue weighted by Crippen LogP contribution is -2.44. The van der Waals surface area contributed by atoms with Crippen molar-refractivity contribution in [3.8, 4) is 0 Å². The Balaban J connectivity index is 2.52. The summed E-state index contributed by atoms with van der Waals surface area (Å²) in [4.78, 5) is 10.1. The highest BCUT2D eigenvalue weighted by Gasteiger charge is 2.35. The molecule has 1 aromatic carbocycles. The number of hydrogen-bond donors (Lipinski definition) is 2. The summed E-state index contributed by atoms with van der Waals surface area (Å²) in [6.45, 7) is 2.31. The molecule has 1 atom stereocenters. The van der Waals surface area contributed by atoms with Crippen LogP contribution in [0.4, 0.5) is 11.4 Å². The van der Waals surface area contributed by atoms with Crippen molar-refractivity contribution in [2.24, 2.45) is 5.84 Å². The molecule has 10 heteroatoms. The summed E-state index contributed by atoms with van der Waals surface area (Å²) in [6, 6.07) is 3.95. The molecule has 0 spiro atoms. The number of nitro benzene ring substituents is 1. The van der Waals surface area contributed by atoms with Gasteiger partial charge in [0.2, 0.25) is 10.0 Å². The quantitative estimate of drug-likeness (QED) is 0.464. The summed E-state index contributed by atoms with van der Waals surface area (Å²) >= 11 is 0. The third-order valence-corrected chi connectivity index (χ3v) is 5.06. The second-order valence-corrected chi connectivity index (χ2v) is 6.50. The Morgan fingerprint density at radius 1 is 1.52 bits per heavy atom. The lowest BCUT2D eigenvalue weighted by molar-refractivity contribution is -0.386. The molecule has 0 aromatic heterocycles. The number of rotatable bonds is 4. The number of hydrogen-bond acceptors (Lipinski definition) is 7. The number of nitrogens with zero attached hydrogens (tertiary/aromatic N) is 2. The average Bonchev–Trinajstić information content (AvgIpc) is 2.46. The highest BCUT2D eigenvalue weighted by molar-refractivity contribution is 7.89. The SMILES string of the molecule is CC1CN(S(=O)(=O)c2cccc(NN)c2[N+](=O)[O-])CCO1. The monoisotopic (exact) mass is 316 g/mol. The number of ether oxygens (including phenoxy) is 1. The van der Waals surface area contributed by atoms with Crippen LogP contribution < -0.4 is 11.3 Å². The zero-order chi connectivity index (χ0) is 15.6. The van der Waals surface area contributed by atoms with E-state index in [0.29, 0.717) is 0 Å². The number of nitro groups is 1. The van der Waals surface area contributed by atoms with Gasteiger partial charge < -0.3 is 10.2 Å². The highest BCUT2D eigenvalue weighted by Crippen LogP contribution is 2.33. The average molecular weight is 316 g/mol.